The monoisotopic (exact) mass is 208 g/mol. The van der Waals surface area contributed by atoms with Crippen molar-refractivity contribution >= 4 is 18.3 Å². The molecule has 4 heteroatoms. The molecule has 1 amide bonds. The Morgan fingerprint density at radius 3 is 2.38 bits per heavy atom. The molecule has 80 valence electrons. The maximum absolute atomic E-state index is 11.2. The second-order valence-corrected chi connectivity index (χ2v) is 3.40. The van der Waals surface area contributed by atoms with Crippen LogP contribution >= 0.6 is 12.4 Å². The second kappa shape index (κ2) is 8.32. The van der Waals surface area contributed by atoms with E-state index in [0.717, 1.165) is 19.5 Å². The van der Waals surface area contributed by atoms with Gasteiger partial charge in [0.15, 0.2) is 0 Å². The maximum Gasteiger partial charge on any atom is 0.222 e. The van der Waals surface area contributed by atoms with E-state index in [-0.39, 0.29) is 24.2 Å². The van der Waals surface area contributed by atoms with E-state index in [1.54, 1.807) is 0 Å². The highest BCUT2D eigenvalue weighted by Gasteiger charge is 2.08. The predicted octanol–water partition coefficient (Wildman–Crippen LogP) is 1.13. The second-order valence-electron chi connectivity index (χ2n) is 3.40. The van der Waals surface area contributed by atoms with Crippen molar-refractivity contribution in [2.45, 2.75) is 20.3 Å². The Labute approximate surface area is 87.3 Å². The first-order valence-corrected chi connectivity index (χ1v) is 4.50. The summed E-state index contributed by atoms with van der Waals surface area (Å²) in [5, 5.41) is 2.88. The average Bonchev–Trinajstić information content (AvgIpc) is 2.02. The minimum Gasteiger partial charge on any atom is -0.355 e. The van der Waals surface area contributed by atoms with Crippen LogP contribution < -0.4 is 5.32 Å². The number of amides is 1. The van der Waals surface area contributed by atoms with Gasteiger partial charge in [0.1, 0.15) is 0 Å². The van der Waals surface area contributed by atoms with Crippen molar-refractivity contribution in [3.8, 4) is 0 Å². The van der Waals surface area contributed by atoms with E-state index >= 15 is 0 Å². The van der Waals surface area contributed by atoms with Gasteiger partial charge in [-0.1, -0.05) is 13.8 Å². The number of nitrogens with zero attached hydrogens (tertiary/aromatic N) is 1. The van der Waals surface area contributed by atoms with E-state index in [2.05, 4.69) is 10.2 Å². The van der Waals surface area contributed by atoms with E-state index < -0.39 is 0 Å². The number of carbonyl (C=O) groups is 1. The zero-order valence-corrected chi connectivity index (χ0v) is 9.78. The van der Waals surface area contributed by atoms with E-state index in [9.17, 15) is 4.79 Å². The van der Waals surface area contributed by atoms with Crippen LogP contribution in [0.5, 0.6) is 0 Å². The lowest BCUT2D eigenvalue weighted by molar-refractivity contribution is -0.124. The summed E-state index contributed by atoms with van der Waals surface area (Å²) in [6.07, 6.45) is 0.911. The summed E-state index contributed by atoms with van der Waals surface area (Å²) in [6.45, 7) is 5.62. The number of halogens is 1. The third kappa shape index (κ3) is 8.06. The molecule has 0 bridgehead atoms. The van der Waals surface area contributed by atoms with Crippen molar-refractivity contribution in [3.05, 3.63) is 0 Å². The first kappa shape index (κ1) is 15.2. The van der Waals surface area contributed by atoms with E-state index in [0.29, 0.717) is 0 Å². The van der Waals surface area contributed by atoms with Gasteiger partial charge >= 0.3 is 0 Å². The summed E-state index contributed by atoms with van der Waals surface area (Å²) in [5.74, 6) is 0.312. The number of rotatable bonds is 5. The van der Waals surface area contributed by atoms with Crippen LogP contribution in [0.25, 0.3) is 0 Å². The first-order chi connectivity index (χ1) is 5.57. The van der Waals surface area contributed by atoms with Gasteiger partial charge in [-0.05, 0) is 20.5 Å². The Morgan fingerprint density at radius 1 is 1.46 bits per heavy atom. The van der Waals surface area contributed by atoms with Crippen LogP contribution in [0.15, 0.2) is 0 Å². The van der Waals surface area contributed by atoms with Gasteiger partial charge in [0.2, 0.25) is 5.91 Å². The molecule has 1 N–H and O–H groups in total. The highest BCUT2D eigenvalue weighted by molar-refractivity contribution is 5.85. The molecule has 0 heterocycles. The smallest absolute Gasteiger partial charge is 0.222 e. The number of nitrogens with one attached hydrogen (secondary N) is 1. The van der Waals surface area contributed by atoms with E-state index in [1.807, 2.05) is 27.9 Å². The molecule has 3 nitrogen and oxygen atoms in total. The average molecular weight is 209 g/mol. The first-order valence-electron chi connectivity index (χ1n) is 4.50. The molecule has 0 spiro atoms. The molecule has 1 atom stereocenters. The Morgan fingerprint density at radius 2 is 2.00 bits per heavy atom. The molecule has 0 rings (SSSR count). The molecule has 0 aliphatic carbocycles. The highest BCUT2D eigenvalue weighted by Crippen LogP contribution is 1.98. The lowest BCUT2D eigenvalue weighted by atomic mass is 10.1. The molecule has 0 aromatic rings. The molecule has 0 aliphatic rings. The fourth-order valence-corrected chi connectivity index (χ4v) is 0.762. The molecule has 0 aromatic carbocycles. The Hall–Kier alpha value is -0.280. The fourth-order valence-electron chi connectivity index (χ4n) is 0.762. The third-order valence-corrected chi connectivity index (χ3v) is 1.92. The molecule has 0 saturated heterocycles. The molecule has 0 aromatic heterocycles. The van der Waals surface area contributed by atoms with Crippen LogP contribution in [0.1, 0.15) is 20.3 Å². The van der Waals surface area contributed by atoms with Crippen LogP contribution in [0, 0.1) is 5.92 Å². The molecule has 0 aliphatic heterocycles. The summed E-state index contributed by atoms with van der Waals surface area (Å²) < 4.78 is 0. The van der Waals surface area contributed by atoms with Crippen LogP contribution in [-0.2, 0) is 4.79 Å². The molecular formula is C9H21ClN2O. The Balaban J connectivity index is 0. The zero-order chi connectivity index (χ0) is 9.56. The summed E-state index contributed by atoms with van der Waals surface area (Å²) >= 11 is 0. The highest BCUT2D eigenvalue weighted by atomic mass is 35.5. The van der Waals surface area contributed by atoms with Gasteiger partial charge in [-0.25, -0.2) is 0 Å². The Bertz CT molecular complexity index is 140. The number of hydrogen-bond acceptors (Lipinski definition) is 2. The van der Waals surface area contributed by atoms with Crippen molar-refractivity contribution in [3.63, 3.8) is 0 Å². The van der Waals surface area contributed by atoms with Crippen molar-refractivity contribution in [2.75, 3.05) is 27.2 Å². The molecule has 1 unspecified atom stereocenters. The lowest BCUT2D eigenvalue weighted by Crippen LogP contribution is -2.34. The molecule has 0 saturated carbocycles. The van der Waals surface area contributed by atoms with Crippen molar-refractivity contribution in [1.82, 2.24) is 10.2 Å². The van der Waals surface area contributed by atoms with Crippen LogP contribution in [0.2, 0.25) is 0 Å². The predicted molar refractivity (Wildman–Crippen MR) is 58.3 cm³/mol. The van der Waals surface area contributed by atoms with E-state index in [1.165, 1.54) is 0 Å². The lowest BCUT2D eigenvalue weighted by Gasteiger charge is -2.12. The van der Waals surface area contributed by atoms with Crippen LogP contribution in [-0.4, -0.2) is 38.0 Å². The topological polar surface area (TPSA) is 32.3 Å². The van der Waals surface area contributed by atoms with Gasteiger partial charge in [0.25, 0.3) is 0 Å². The largest absolute Gasteiger partial charge is 0.355 e. The molecule has 0 fully saturated rings. The van der Waals surface area contributed by atoms with Gasteiger partial charge in [-0.2, -0.15) is 0 Å². The van der Waals surface area contributed by atoms with Crippen molar-refractivity contribution < 1.29 is 4.79 Å². The van der Waals surface area contributed by atoms with E-state index in [4.69, 9.17) is 0 Å². The quantitative estimate of drug-likeness (QED) is 0.735. The summed E-state index contributed by atoms with van der Waals surface area (Å²) in [5.41, 5.74) is 0. The fraction of sp³-hybridized carbons (Fsp3) is 0.889. The standard InChI is InChI=1S/C9H20N2O.ClH/c1-5-8(2)9(12)10-6-7-11(3)4;/h8H,5-7H2,1-4H3,(H,10,12);1H. The van der Waals surface area contributed by atoms with Crippen molar-refractivity contribution in [2.24, 2.45) is 5.92 Å². The number of hydrogen-bond donors (Lipinski definition) is 1. The normalized spacial score (nSPS) is 12.1. The third-order valence-electron chi connectivity index (χ3n) is 1.92. The van der Waals surface area contributed by atoms with Crippen LogP contribution in [0.3, 0.4) is 0 Å². The molecular weight excluding hydrogens is 188 g/mol. The summed E-state index contributed by atoms with van der Waals surface area (Å²) in [4.78, 5) is 13.3. The van der Waals surface area contributed by atoms with Gasteiger partial charge in [-0.15, -0.1) is 12.4 Å². The zero-order valence-electron chi connectivity index (χ0n) is 8.96. The minimum absolute atomic E-state index is 0. The summed E-state index contributed by atoms with van der Waals surface area (Å²) in [7, 11) is 3.99. The van der Waals surface area contributed by atoms with Gasteiger partial charge in [0.05, 0.1) is 0 Å². The van der Waals surface area contributed by atoms with Gasteiger partial charge in [-0.3, -0.25) is 4.79 Å². The molecule has 0 radical (unpaired) electrons. The van der Waals surface area contributed by atoms with Gasteiger partial charge in [0, 0.05) is 19.0 Å². The maximum atomic E-state index is 11.2. The van der Waals surface area contributed by atoms with Crippen molar-refractivity contribution in [1.29, 1.82) is 0 Å². The minimum atomic E-state index is 0. The number of likely N-dealkylation sites (N-methyl/N-ethyl adjacent to an activating group) is 1. The Kier molecular flexibility index (Phi) is 9.74. The SMILES string of the molecule is CCC(C)C(=O)NCCN(C)C.Cl. The van der Waals surface area contributed by atoms with Crippen LogP contribution in [0.4, 0.5) is 0 Å². The number of carbonyl (C=O) groups excluding carboxylic acids is 1. The summed E-state index contributed by atoms with van der Waals surface area (Å²) in [6, 6.07) is 0. The van der Waals surface area contributed by atoms with Gasteiger partial charge < -0.3 is 10.2 Å². The molecule has 13 heavy (non-hydrogen) atoms.